The van der Waals surface area contributed by atoms with Crippen molar-refractivity contribution in [2.75, 3.05) is 0 Å². The van der Waals surface area contributed by atoms with Gasteiger partial charge in [0.1, 0.15) is 0 Å². The van der Waals surface area contributed by atoms with Gasteiger partial charge in [0.15, 0.2) is 0 Å². The summed E-state index contributed by atoms with van der Waals surface area (Å²) in [6.45, 7) is 3.29. The molecule has 1 unspecified atom stereocenters. The molecule has 0 aliphatic carbocycles. The van der Waals surface area contributed by atoms with Gasteiger partial charge >= 0.3 is 5.97 Å². The van der Waals surface area contributed by atoms with Crippen molar-refractivity contribution in [3.8, 4) is 0 Å². The van der Waals surface area contributed by atoms with Crippen molar-refractivity contribution in [2.45, 2.75) is 20.3 Å². The van der Waals surface area contributed by atoms with Crippen LogP contribution in [0.5, 0.6) is 0 Å². The highest BCUT2D eigenvalue weighted by molar-refractivity contribution is 7.76. The minimum atomic E-state index is -2.64. The lowest BCUT2D eigenvalue weighted by molar-refractivity contribution is -0.157. The molecule has 0 spiro atoms. The van der Waals surface area contributed by atoms with Crippen molar-refractivity contribution < 1.29 is 18.4 Å². The fourth-order valence-electron chi connectivity index (χ4n) is 1.40. The Morgan fingerprint density at radius 1 is 1.50 bits per heavy atom. The molecule has 1 N–H and O–H groups in total. The number of hydrogen-bond acceptors (Lipinski definition) is 4. The van der Waals surface area contributed by atoms with E-state index >= 15 is 0 Å². The average molecular weight is 291 g/mol. The summed E-state index contributed by atoms with van der Waals surface area (Å²) in [7, 11) is 0. The Morgan fingerprint density at radius 2 is 2.11 bits per heavy atom. The minimum Gasteiger partial charge on any atom is -0.758 e. The van der Waals surface area contributed by atoms with Crippen molar-refractivity contribution in [3.63, 3.8) is 0 Å². The van der Waals surface area contributed by atoms with Crippen LogP contribution in [0.15, 0.2) is 24.3 Å². The van der Waals surface area contributed by atoms with Gasteiger partial charge in [0.25, 0.3) is 0 Å². The predicted octanol–water partition coefficient (Wildman–Crippen LogP) is 1.75. The molecule has 1 atom stereocenters. The Morgan fingerprint density at radius 3 is 2.67 bits per heavy atom. The van der Waals surface area contributed by atoms with Gasteiger partial charge < -0.3 is 9.39 Å². The number of carbonyl (C=O) groups excluding carboxylic acids is 1. The summed E-state index contributed by atoms with van der Waals surface area (Å²) in [4.78, 5) is 17.7. The van der Waals surface area contributed by atoms with E-state index in [1.54, 1.807) is 36.9 Å². The van der Waals surface area contributed by atoms with Gasteiger partial charge in [-0.2, -0.15) is 0 Å². The van der Waals surface area contributed by atoms with Crippen LogP contribution in [-0.2, 0) is 27.3 Å². The molecule has 1 aromatic carbocycles. The van der Waals surface area contributed by atoms with E-state index in [1.807, 2.05) is 6.07 Å². The summed E-state index contributed by atoms with van der Waals surface area (Å²) in [5.41, 5.74) is -0.0958. The van der Waals surface area contributed by atoms with Crippen LogP contribution in [0.2, 0.25) is 5.02 Å². The summed E-state index contributed by atoms with van der Waals surface area (Å²) >= 11 is 3.36. The Labute approximate surface area is 113 Å². The van der Waals surface area contributed by atoms with Crippen LogP contribution in [-0.4, -0.2) is 14.7 Å². The van der Waals surface area contributed by atoms with Crippen molar-refractivity contribution in [3.05, 3.63) is 34.9 Å². The van der Waals surface area contributed by atoms with E-state index in [-0.39, 0.29) is 0 Å². The van der Waals surface area contributed by atoms with E-state index in [4.69, 9.17) is 11.6 Å². The summed E-state index contributed by atoms with van der Waals surface area (Å²) in [6, 6.07) is 7.13. The van der Waals surface area contributed by atoms with E-state index in [0.29, 0.717) is 11.4 Å². The second-order valence-electron chi connectivity index (χ2n) is 4.36. The molecule has 0 saturated heterocycles. The van der Waals surface area contributed by atoms with Gasteiger partial charge in [-0.25, -0.2) is 4.79 Å². The summed E-state index contributed by atoms with van der Waals surface area (Å²) in [6.07, 6.45) is 0.346. The van der Waals surface area contributed by atoms with Gasteiger partial charge in [-0.05, 0) is 31.9 Å². The van der Waals surface area contributed by atoms with Crippen molar-refractivity contribution in [1.82, 2.24) is 4.89 Å². The largest absolute Gasteiger partial charge is 0.758 e. The molecule has 7 heteroatoms. The quantitative estimate of drug-likeness (QED) is 0.662. The zero-order valence-electron chi connectivity index (χ0n) is 9.94. The first-order valence-electron chi connectivity index (χ1n) is 5.12. The van der Waals surface area contributed by atoms with Crippen molar-refractivity contribution >= 4 is 28.8 Å². The molecule has 1 rings (SSSR count). The molecule has 0 aromatic heterocycles. The minimum absolute atomic E-state index is 0.346. The second-order valence-corrected chi connectivity index (χ2v) is 5.40. The number of benzene rings is 1. The van der Waals surface area contributed by atoms with Crippen molar-refractivity contribution in [1.29, 1.82) is 0 Å². The normalized spacial score (nSPS) is 13.1. The smallest absolute Gasteiger partial charge is 0.331 e. The summed E-state index contributed by atoms with van der Waals surface area (Å²) < 4.78 is 20.5. The number of halogens is 1. The van der Waals surface area contributed by atoms with E-state index in [0.717, 1.165) is 5.56 Å². The first-order valence-corrected chi connectivity index (χ1v) is 6.58. The zero-order chi connectivity index (χ0) is 13.8. The Bertz CT molecular complexity index is 464. The first-order chi connectivity index (χ1) is 8.33. The van der Waals surface area contributed by atoms with Gasteiger partial charge in [-0.3, -0.25) is 4.21 Å². The molecular weight excluding hydrogens is 278 g/mol. The van der Waals surface area contributed by atoms with Crippen LogP contribution in [0.1, 0.15) is 19.4 Å². The topological polar surface area (TPSA) is 78.5 Å². The maximum Gasteiger partial charge on any atom is 0.331 e. The van der Waals surface area contributed by atoms with Gasteiger partial charge in [-0.15, -0.1) is 0 Å². The van der Waals surface area contributed by atoms with Gasteiger partial charge in [0, 0.05) is 5.02 Å². The standard InChI is InChI=1S/C11H14ClNO4S/c1-11(2,10(14)17-13-18(15)16)7-8-5-3-4-6-9(8)12/h3-6,13H,7H2,1-2H3,(H,15,16)/p-1. The molecule has 100 valence electrons. The number of rotatable bonds is 5. The van der Waals surface area contributed by atoms with E-state index in [1.165, 1.54) is 0 Å². The molecular formula is C11H13ClNO4S-. The molecule has 0 amide bonds. The number of carbonyl (C=O) groups is 1. The van der Waals surface area contributed by atoms with Crippen molar-refractivity contribution in [2.24, 2.45) is 5.41 Å². The Hall–Kier alpha value is -0.950. The molecule has 0 heterocycles. The van der Waals surface area contributed by atoms with Gasteiger partial charge in [-0.1, -0.05) is 34.7 Å². The maximum absolute atomic E-state index is 11.7. The molecule has 0 saturated carbocycles. The molecule has 0 bridgehead atoms. The number of hydrogen-bond donors (Lipinski definition) is 1. The van der Waals surface area contributed by atoms with Crippen LogP contribution >= 0.6 is 11.6 Å². The van der Waals surface area contributed by atoms with Crippen LogP contribution in [0, 0.1) is 5.41 Å². The highest BCUT2D eigenvalue weighted by atomic mass is 35.5. The maximum atomic E-state index is 11.7. The van der Waals surface area contributed by atoms with Crippen LogP contribution < -0.4 is 4.89 Å². The molecule has 0 aliphatic rings. The predicted molar refractivity (Wildman–Crippen MR) is 67.1 cm³/mol. The molecule has 0 radical (unpaired) electrons. The molecule has 1 aromatic rings. The zero-order valence-corrected chi connectivity index (χ0v) is 11.5. The van der Waals surface area contributed by atoms with Crippen LogP contribution in [0.25, 0.3) is 0 Å². The SMILES string of the molecule is CC(C)(Cc1ccccc1Cl)C(=O)ONS(=O)[O-]. The lowest BCUT2D eigenvalue weighted by Gasteiger charge is -2.23. The van der Waals surface area contributed by atoms with Gasteiger partial charge in [0.05, 0.1) is 16.7 Å². The third kappa shape index (κ3) is 4.38. The number of nitrogens with one attached hydrogen (secondary N) is 1. The first kappa shape index (κ1) is 15.1. The lowest BCUT2D eigenvalue weighted by atomic mass is 9.86. The third-order valence-corrected chi connectivity index (χ3v) is 2.93. The van der Waals surface area contributed by atoms with E-state index < -0.39 is 22.7 Å². The average Bonchev–Trinajstić information content (AvgIpc) is 2.28. The molecule has 0 fully saturated rings. The fourth-order valence-corrected chi connectivity index (χ4v) is 1.75. The fraction of sp³-hybridized carbons (Fsp3) is 0.364. The van der Waals surface area contributed by atoms with Crippen LogP contribution in [0.3, 0.4) is 0 Å². The molecule has 18 heavy (non-hydrogen) atoms. The highest BCUT2D eigenvalue weighted by Gasteiger charge is 2.30. The Balaban J connectivity index is 2.72. The third-order valence-electron chi connectivity index (χ3n) is 2.35. The van der Waals surface area contributed by atoms with Gasteiger partial charge in [0.2, 0.25) is 0 Å². The van der Waals surface area contributed by atoms with E-state index in [9.17, 15) is 13.6 Å². The lowest BCUT2D eigenvalue weighted by Crippen LogP contribution is -2.34. The second kappa shape index (κ2) is 6.29. The summed E-state index contributed by atoms with van der Waals surface area (Å²) in [5.74, 6) is -0.674. The molecule has 0 aliphatic heterocycles. The summed E-state index contributed by atoms with van der Waals surface area (Å²) in [5, 5.41) is 0.554. The van der Waals surface area contributed by atoms with Crippen LogP contribution in [0.4, 0.5) is 0 Å². The monoisotopic (exact) mass is 290 g/mol. The highest BCUT2D eigenvalue weighted by Crippen LogP contribution is 2.27. The molecule has 5 nitrogen and oxygen atoms in total. The van der Waals surface area contributed by atoms with E-state index in [2.05, 4.69) is 4.84 Å². The Kier molecular flexibility index (Phi) is 5.28.